The first-order valence-corrected chi connectivity index (χ1v) is 8.36. The molecule has 4 nitrogen and oxygen atoms in total. The Morgan fingerprint density at radius 3 is 2.40 bits per heavy atom. The number of imidazole rings is 1. The second-order valence-corrected chi connectivity index (χ2v) is 6.54. The van der Waals surface area contributed by atoms with Gasteiger partial charge in [-0.1, -0.05) is 36.4 Å². The molecule has 0 N–H and O–H groups in total. The molecule has 0 fully saturated rings. The number of aromatic nitrogens is 2. The molecule has 0 bridgehead atoms. The molecule has 0 aliphatic heterocycles. The van der Waals surface area contributed by atoms with Gasteiger partial charge in [-0.15, -0.1) is 0 Å². The van der Waals surface area contributed by atoms with Crippen LogP contribution in [0.1, 0.15) is 34.7 Å². The summed E-state index contributed by atoms with van der Waals surface area (Å²) in [5.74, 6) is 0.388. The van der Waals surface area contributed by atoms with Crippen molar-refractivity contribution >= 4 is 5.78 Å². The van der Waals surface area contributed by atoms with E-state index in [0.29, 0.717) is 17.4 Å². The Morgan fingerprint density at radius 1 is 1.08 bits per heavy atom. The predicted molar refractivity (Wildman–Crippen MR) is 101 cm³/mol. The minimum atomic E-state index is -0.0628. The monoisotopic (exact) mass is 333 g/mol. The summed E-state index contributed by atoms with van der Waals surface area (Å²) in [7, 11) is 5.98. The first kappa shape index (κ1) is 17.1. The molecule has 1 atom stereocenters. The fourth-order valence-electron chi connectivity index (χ4n) is 2.83. The quantitative estimate of drug-likeness (QED) is 0.664. The molecule has 2 aromatic carbocycles. The van der Waals surface area contributed by atoms with Crippen LogP contribution in [0.4, 0.5) is 0 Å². The number of carbonyl (C=O) groups is 1. The maximum atomic E-state index is 12.7. The standard InChI is InChI=1S/C21H23N3O/c1-15(23(2)3)16-7-5-8-17(13-16)18-9-6-10-19(14-18)20(25)21-22-11-12-24(21)4/h5-15H,1-4H3/t15-/m0/s1. The summed E-state index contributed by atoms with van der Waals surface area (Å²) in [6, 6.07) is 16.5. The predicted octanol–water partition coefficient (Wildman–Crippen LogP) is 3.94. The van der Waals surface area contributed by atoms with Crippen LogP contribution in [0.5, 0.6) is 0 Å². The lowest BCUT2D eigenvalue weighted by Gasteiger charge is -2.20. The van der Waals surface area contributed by atoms with Crippen molar-refractivity contribution in [3.05, 3.63) is 77.9 Å². The zero-order valence-corrected chi connectivity index (χ0v) is 15.1. The molecule has 4 heteroatoms. The number of hydrogen-bond donors (Lipinski definition) is 0. The molecular formula is C21H23N3O. The van der Waals surface area contributed by atoms with Crippen molar-refractivity contribution in [2.24, 2.45) is 7.05 Å². The Labute approximate surface area is 148 Å². The zero-order valence-electron chi connectivity index (χ0n) is 15.1. The third-order valence-electron chi connectivity index (χ3n) is 4.63. The average molecular weight is 333 g/mol. The molecule has 0 radical (unpaired) electrons. The minimum Gasteiger partial charge on any atom is -0.331 e. The number of nitrogens with zero attached hydrogens (tertiary/aromatic N) is 3. The molecule has 0 amide bonds. The highest BCUT2D eigenvalue weighted by Gasteiger charge is 2.15. The molecule has 0 saturated carbocycles. The Balaban J connectivity index is 1.96. The molecular weight excluding hydrogens is 310 g/mol. The summed E-state index contributed by atoms with van der Waals surface area (Å²) in [5.41, 5.74) is 4.05. The highest BCUT2D eigenvalue weighted by molar-refractivity contribution is 6.07. The van der Waals surface area contributed by atoms with Crippen molar-refractivity contribution in [1.29, 1.82) is 0 Å². The van der Waals surface area contributed by atoms with Crippen LogP contribution < -0.4 is 0 Å². The molecule has 128 valence electrons. The van der Waals surface area contributed by atoms with Gasteiger partial charge in [-0.05, 0) is 49.8 Å². The van der Waals surface area contributed by atoms with E-state index >= 15 is 0 Å². The van der Waals surface area contributed by atoms with E-state index in [9.17, 15) is 4.79 Å². The van der Waals surface area contributed by atoms with Crippen LogP contribution in [-0.2, 0) is 7.05 Å². The molecule has 25 heavy (non-hydrogen) atoms. The molecule has 1 aromatic heterocycles. The van der Waals surface area contributed by atoms with Gasteiger partial charge >= 0.3 is 0 Å². The summed E-state index contributed by atoms with van der Waals surface area (Å²) in [4.78, 5) is 19.0. The van der Waals surface area contributed by atoms with Gasteiger partial charge in [0.05, 0.1) is 0 Å². The smallest absolute Gasteiger partial charge is 0.228 e. The number of benzene rings is 2. The summed E-state index contributed by atoms with van der Waals surface area (Å²) in [5, 5.41) is 0. The molecule has 0 aliphatic carbocycles. The highest BCUT2D eigenvalue weighted by Crippen LogP contribution is 2.26. The van der Waals surface area contributed by atoms with Gasteiger partial charge in [0.1, 0.15) is 0 Å². The Hall–Kier alpha value is -2.72. The lowest BCUT2D eigenvalue weighted by Crippen LogP contribution is -2.16. The first-order valence-electron chi connectivity index (χ1n) is 8.36. The van der Waals surface area contributed by atoms with E-state index < -0.39 is 0 Å². The van der Waals surface area contributed by atoms with Crippen molar-refractivity contribution in [2.75, 3.05) is 14.1 Å². The molecule has 0 unspecified atom stereocenters. The number of aryl methyl sites for hydroxylation is 1. The van der Waals surface area contributed by atoms with Gasteiger partial charge in [0.2, 0.25) is 5.78 Å². The second-order valence-electron chi connectivity index (χ2n) is 6.54. The van der Waals surface area contributed by atoms with Crippen LogP contribution in [0.15, 0.2) is 60.9 Å². The zero-order chi connectivity index (χ0) is 18.0. The number of hydrogen-bond acceptors (Lipinski definition) is 3. The minimum absolute atomic E-state index is 0.0628. The molecule has 3 rings (SSSR count). The van der Waals surface area contributed by atoms with E-state index in [2.05, 4.69) is 55.2 Å². The van der Waals surface area contributed by atoms with Crippen LogP contribution in [0.25, 0.3) is 11.1 Å². The van der Waals surface area contributed by atoms with Crippen molar-refractivity contribution < 1.29 is 4.79 Å². The molecule has 3 aromatic rings. The van der Waals surface area contributed by atoms with E-state index in [1.165, 1.54) is 5.56 Å². The van der Waals surface area contributed by atoms with Crippen molar-refractivity contribution in [2.45, 2.75) is 13.0 Å². The fourth-order valence-corrected chi connectivity index (χ4v) is 2.83. The highest BCUT2D eigenvalue weighted by atomic mass is 16.1. The normalized spacial score (nSPS) is 12.4. The average Bonchev–Trinajstić information content (AvgIpc) is 3.06. The van der Waals surface area contributed by atoms with E-state index in [0.717, 1.165) is 11.1 Å². The van der Waals surface area contributed by atoms with Gasteiger partial charge in [0.15, 0.2) is 5.82 Å². The van der Waals surface area contributed by atoms with Gasteiger partial charge in [0, 0.05) is 31.0 Å². The fraction of sp³-hybridized carbons (Fsp3) is 0.238. The molecule has 0 aliphatic rings. The maximum absolute atomic E-state index is 12.7. The van der Waals surface area contributed by atoms with Gasteiger partial charge < -0.3 is 9.47 Å². The summed E-state index contributed by atoms with van der Waals surface area (Å²) in [6.45, 7) is 2.18. The maximum Gasteiger partial charge on any atom is 0.228 e. The van der Waals surface area contributed by atoms with Crippen molar-refractivity contribution in [3.63, 3.8) is 0 Å². The van der Waals surface area contributed by atoms with Gasteiger partial charge in [-0.2, -0.15) is 0 Å². The van der Waals surface area contributed by atoms with E-state index in [1.807, 2.05) is 31.3 Å². The second kappa shape index (κ2) is 7.03. The number of ketones is 1. The van der Waals surface area contributed by atoms with Crippen LogP contribution in [0.2, 0.25) is 0 Å². The number of carbonyl (C=O) groups excluding carboxylic acids is 1. The summed E-state index contributed by atoms with van der Waals surface area (Å²) < 4.78 is 1.74. The van der Waals surface area contributed by atoms with Gasteiger partial charge in [-0.3, -0.25) is 4.79 Å². The lowest BCUT2D eigenvalue weighted by molar-refractivity contribution is 0.102. The van der Waals surface area contributed by atoms with E-state index in [1.54, 1.807) is 17.0 Å². The SMILES string of the molecule is C[C@@H](c1cccc(-c2cccc(C(=O)c3nccn3C)c2)c1)N(C)C. The van der Waals surface area contributed by atoms with Crippen LogP contribution in [0.3, 0.4) is 0 Å². The summed E-state index contributed by atoms with van der Waals surface area (Å²) >= 11 is 0. The van der Waals surface area contributed by atoms with E-state index in [4.69, 9.17) is 0 Å². The lowest BCUT2D eigenvalue weighted by atomic mass is 9.97. The topological polar surface area (TPSA) is 38.1 Å². The first-order chi connectivity index (χ1) is 12.0. The molecule has 1 heterocycles. The Morgan fingerprint density at radius 2 is 1.76 bits per heavy atom. The van der Waals surface area contributed by atoms with Crippen LogP contribution in [-0.4, -0.2) is 34.3 Å². The van der Waals surface area contributed by atoms with Gasteiger partial charge in [-0.25, -0.2) is 4.98 Å². The summed E-state index contributed by atoms with van der Waals surface area (Å²) in [6.07, 6.45) is 3.42. The van der Waals surface area contributed by atoms with Gasteiger partial charge in [0.25, 0.3) is 0 Å². The van der Waals surface area contributed by atoms with Crippen molar-refractivity contribution in [1.82, 2.24) is 14.5 Å². The molecule has 0 saturated heterocycles. The number of rotatable bonds is 5. The molecule has 0 spiro atoms. The largest absolute Gasteiger partial charge is 0.331 e. The third-order valence-corrected chi connectivity index (χ3v) is 4.63. The van der Waals surface area contributed by atoms with Crippen LogP contribution in [0, 0.1) is 0 Å². The van der Waals surface area contributed by atoms with Crippen molar-refractivity contribution in [3.8, 4) is 11.1 Å². The van der Waals surface area contributed by atoms with Crippen LogP contribution >= 0.6 is 0 Å². The third kappa shape index (κ3) is 3.54. The Bertz CT molecular complexity index is 895. The Kier molecular flexibility index (Phi) is 4.81. The van der Waals surface area contributed by atoms with E-state index in [-0.39, 0.29) is 5.78 Å².